The molecule has 46 heavy (non-hydrogen) atoms. The Kier molecular flexibility index (Phi) is 11.3. The number of carbonyl (C=O) groups excluding carboxylic acids is 6. The third kappa shape index (κ3) is 8.18. The summed E-state index contributed by atoms with van der Waals surface area (Å²) in [5.74, 6) is -4.83. The van der Waals surface area contributed by atoms with E-state index in [1.165, 1.54) is 16.7 Å². The first-order valence-corrected chi connectivity index (χ1v) is 15.9. The minimum Gasteiger partial charge on any atom is -0.597 e. The molecule has 4 rings (SSSR count). The largest absolute Gasteiger partial charge is 0.597 e. The summed E-state index contributed by atoms with van der Waals surface area (Å²) in [5.41, 5.74) is 0.446. The number of allylic oxidation sites excluding steroid dienone is 1. The molecular weight excluding hydrogens is 592 g/mol. The van der Waals surface area contributed by atoms with Crippen LogP contribution < -0.4 is 16.0 Å². The molecule has 0 aliphatic carbocycles. The van der Waals surface area contributed by atoms with E-state index in [1.807, 2.05) is 30.3 Å². The molecule has 5 amide bonds. The van der Waals surface area contributed by atoms with Gasteiger partial charge < -0.3 is 30.9 Å². The van der Waals surface area contributed by atoms with E-state index < -0.39 is 65.1 Å². The van der Waals surface area contributed by atoms with Crippen LogP contribution in [-0.4, -0.2) is 100 Å². The minimum absolute atomic E-state index is 0.0111. The van der Waals surface area contributed by atoms with E-state index in [-0.39, 0.29) is 37.0 Å². The second kappa shape index (κ2) is 15.2. The van der Waals surface area contributed by atoms with Crippen molar-refractivity contribution in [2.75, 3.05) is 26.2 Å². The third-order valence-corrected chi connectivity index (χ3v) is 8.90. The number of rotatable bonds is 12. The predicted octanol–water partition coefficient (Wildman–Crippen LogP) is 0.363. The standard InChI is InChI=1S/C33H44N6O7/c1-19(2)27(37-30(43)24(34)15-20(3)40)32(45)39-18-23(21-9-5-4-6-10-21)17-26(39)31(44)36-25(16-22-11-12-35-29(22)42)28(41)33(46)38-13-7-8-14-38/h4-6,9-10,15,19,22-23,25-27,34,40H,7-8,11-14,16-18H2,1-3H3,(H,35,42)(H,36,44)(H,37,43)/p+1/b20-15-,34-24?. The average molecular weight is 638 g/mol. The maximum Gasteiger partial charge on any atom is 0.292 e. The lowest BCUT2D eigenvalue weighted by atomic mass is 9.94. The van der Waals surface area contributed by atoms with Gasteiger partial charge in [0.15, 0.2) is 0 Å². The fourth-order valence-electron chi connectivity index (χ4n) is 6.37. The van der Waals surface area contributed by atoms with Crippen molar-refractivity contribution >= 4 is 41.0 Å². The fourth-order valence-corrected chi connectivity index (χ4v) is 6.37. The molecule has 5 unspecified atom stereocenters. The van der Waals surface area contributed by atoms with Gasteiger partial charge in [0.2, 0.25) is 29.3 Å². The number of ketones is 1. The number of amides is 5. The number of hydrogen-bond donors (Lipinski definition) is 4. The van der Waals surface area contributed by atoms with Crippen LogP contribution in [0.5, 0.6) is 0 Å². The maximum absolute atomic E-state index is 14.1. The number of benzene rings is 1. The molecule has 3 aliphatic rings. The van der Waals surface area contributed by atoms with Crippen molar-refractivity contribution in [3.63, 3.8) is 0 Å². The van der Waals surface area contributed by atoms with Crippen LogP contribution >= 0.6 is 0 Å². The monoisotopic (exact) mass is 637 g/mol. The van der Waals surface area contributed by atoms with Crippen LogP contribution in [0.4, 0.5) is 0 Å². The lowest BCUT2D eigenvalue weighted by Crippen LogP contribution is -2.58. The Morgan fingerprint density at radius 2 is 1.76 bits per heavy atom. The molecule has 0 radical (unpaired) electrons. The molecular formula is C33H45N6O7+. The van der Waals surface area contributed by atoms with Crippen molar-refractivity contribution in [1.82, 2.24) is 25.8 Å². The van der Waals surface area contributed by atoms with Crippen LogP contribution in [0.15, 0.2) is 42.2 Å². The number of likely N-dealkylation sites (tertiary alicyclic amines) is 2. The topological polar surface area (TPSA) is 192 Å². The molecule has 3 heterocycles. The summed E-state index contributed by atoms with van der Waals surface area (Å²) in [6.45, 7) is 6.43. The van der Waals surface area contributed by atoms with Gasteiger partial charge in [0.05, 0.1) is 12.1 Å². The van der Waals surface area contributed by atoms with Crippen molar-refractivity contribution in [1.29, 1.82) is 5.41 Å². The SMILES string of the molecule is C/C([OH2+])=C/C(=N)C(=O)NC(C(=O)N1CC(c2ccccc2)CC1C(=O)NC(CC1CCNC1=O)C(=O)C(=O)N1CCCC1)C(C)C. The van der Waals surface area contributed by atoms with Crippen LogP contribution in [0.2, 0.25) is 0 Å². The normalized spacial score (nSPS) is 22.7. The summed E-state index contributed by atoms with van der Waals surface area (Å²) >= 11 is 0. The van der Waals surface area contributed by atoms with Gasteiger partial charge in [-0.3, -0.25) is 34.2 Å². The van der Waals surface area contributed by atoms with Crippen LogP contribution in [0.1, 0.15) is 64.4 Å². The van der Waals surface area contributed by atoms with Gasteiger partial charge >= 0.3 is 0 Å². The highest BCUT2D eigenvalue weighted by Crippen LogP contribution is 2.33. The summed E-state index contributed by atoms with van der Waals surface area (Å²) < 4.78 is 0. The average Bonchev–Trinajstić information content (AvgIpc) is 3.80. The first kappa shape index (κ1) is 34.3. The molecule has 13 heteroatoms. The smallest absolute Gasteiger partial charge is 0.292 e. The molecule has 3 aliphatic heterocycles. The second-order valence-corrected chi connectivity index (χ2v) is 12.7. The third-order valence-electron chi connectivity index (χ3n) is 8.90. The van der Waals surface area contributed by atoms with Crippen LogP contribution in [0.25, 0.3) is 0 Å². The first-order valence-electron chi connectivity index (χ1n) is 15.9. The van der Waals surface area contributed by atoms with E-state index in [2.05, 4.69) is 16.0 Å². The minimum atomic E-state index is -1.25. The Bertz CT molecular complexity index is 1380. The lowest BCUT2D eigenvalue weighted by molar-refractivity contribution is -0.147. The van der Waals surface area contributed by atoms with Crippen LogP contribution in [0, 0.1) is 17.2 Å². The van der Waals surface area contributed by atoms with Crippen LogP contribution in [-0.2, 0) is 28.8 Å². The lowest BCUT2D eigenvalue weighted by Gasteiger charge is -2.31. The summed E-state index contributed by atoms with van der Waals surface area (Å²) in [7, 11) is 0. The van der Waals surface area contributed by atoms with Crippen molar-refractivity contribution in [3.05, 3.63) is 47.7 Å². The summed E-state index contributed by atoms with van der Waals surface area (Å²) in [6.07, 6.45) is 3.33. The molecule has 0 bridgehead atoms. The summed E-state index contributed by atoms with van der Waals surface area (Å²) in [6, 6.07) is 6.06. The molecule has 0 spiro atoms. The molecule has 0 saturated carbocycles. The van der Waals surface area contributed by atoms with Gasteiger partial charge in [-0.25, -0.2) is 0 Å². The van der Waals surface area contributed by atoms with Crippen molar-refractivity contribution < 1.29 is 33.9 Å². The number of Topliss-reactive ketones (excluding diaryl/α,β-unsaturated/α-hetero) is 1. The quantitative estimate of drug-likeness (QED) is 0.111. The summed E-state index contributed by atoms with van der Waals surface area (Å²) in [5, 5.41) is 23.7. The van der Waals surface area contributed by atoms with Gasteiger partial charge in [-0.15, -0.1) is 0 Å². The summed E-state index contributed by atoms with van der Waals surface area (Å²) in [4.78, 5) is 82.9. The van der Waals surface area contributed by atoms with E-state index in [4.69, 9.17) is 10.5 Å². The van der Waals surface area contributed by atoms with Gasteiger partial charge in [-0.2, -0.15) is 0 Å². The highest BCUT2D eigenvalue weighted by atomic mass is 16.3. The predicted molar refractivity (Wildman–Crippen MR) is 170 cm³/mol. The molecule has 1 aromatic rings. The van der Waals surface area contributed by atoms with Crippen LogP contribution in [0.3, 0.4) is 0 Å². The van der Waals surface area contributed by atoms with E-state index >= 15 is 0 Å². The van der Waals surface area contributed by atoms with Crippen molar-refractivity contribution in [2.45, 2.75) is 76.9 Å². The second-order valence-electron chi connectivity index (χ2n) is 12.7. The van der Waals surface area contributed by atoms with Crippen molar-refractivity contribution in [2.24, 2.45) is 11.8 Å². The first-order chi connectivity index (χ1) is 21.9. The van der Waals surface area contributed by atoms with E-state index in [1.54, 1.807) is 13.8 Å². The fraction of sp³-hybridized carbons (Fsp3) is 0.545. The molecule has 0 aromatic heterocycles. The van der Waals surface area contributed by atoms with Crippen molar-refractivity contribution in [3.8, 4) is 0 Å². The Morgan fingerprint density at radius 3 is 2.35 bits per heavy atom. The number of carbonyl (C=O) groups is 6. The van der Waals surface area contributed by atoms with E-state index in [0.29, 0.717) is 26.1 Å². The number of nitrogens with zero attached hydrogens (tertiary/aromatic N) is 2. The highest BCUT2D eigenvalue weighted by Gasteiger charge is 2.45. The molecule has 1 aromatic carbocycles. The van der Waals surface area contributed by atoms with Gasteiger partial charge in [-0.05, 0) is 43.6 Å². The molecule has 3 fully saturated rings. The molecule has 5 atom stereocenters. The zero-order valence-electron chi connectivity index (χ0n) is 26.6. The zero-order chi connectivity index (χ0) is 33.5. The van der Waals surface area contributed by atoms with E-state index in [9.17, 15) is 28.8 Å². The maximum atomic E-state index is 14.1. The molecule has 248 valence electrons. The molecule has 13 nitrogen and oxygen atoms in total. The Labute approximate surface area is 268 Å². The Hall–Kier alpha value is -4.55. The number of nitrogens with one attached hydrogen (secondary N) is 4. The zero-order valence-corrected chi connectivity index (χ0v) is 26.6. The van der Waals surface area contributed by atoms with Gasteiger partial charge in [0, 0.05) is 44.9 Å². The molecule has 3 saturated heterocycles. The van der Waals surface area contributed by atoms with E-state index in [0.717, 1.165) is 24.5 Å². The van der Waals surface area contributed by atoms with Gasteiger partial charge in [-0.1, -0.05) is 44.2 Å². The Balaban J connectivity index is 1.61. The van der Waals surface area contributed by atoms with Gasteiger partial charge in [0.1, 0.15) is 17.8 Å². The van der Waals surface area contributed by atoms with Gasteiger partial charge in [0.25, 0.3) is 11.8 Å². The Morgan fingerprint density at radius 1 is 1.09 bits per heavy atom. The highest BCUT2D eigenvalue weighted by molar-refractivity contribution is 6.42. The molecule has 6 N–H and O–H groups in total. The number of hydrogen-bond acceptors (Lipinski definition) is 7.